The summed E-state index contributed by atoms with van der Waals surface area (Å²) in [6.07, 6.45) is 0. The molecule has 0 aliphatic rings. The van der Waals surface area contributed by atoms with Crippen LogP contribution in [-0.4, -0.2) is 22.8 Å². The molecular weight excluding hydrogens is 276 g/mol. The first-order valence-corrected chi connectivity index (χ1v) is 7.09. The van der Waals surface area contributed by atoms with Crippen LogP contribution in [0.1, 0.15) is 33.4 Å². The molecule has 0 spiro atoms. The molecule has 0 N–H and O–H groups in total. The third-order valence-electron chi connectivity index (χ3n) is 2.82. The zero-order valence-electron chi connectivity index (χ0n) is 11.9. The predicted octanol–water partition coefficient (Wildman–Crippen LogP) is 3.43. The molecule has 0 atom stereocenters. The van der Waals surface area contributed by atoms with E-state index in [9.17, 15) is 4.79 Å². The Bertz CT molecular complexity index is 637. The van der Waals surface area contributed by atoms with E-state index in [2.05, 4.69) is 16.3 Å². The van der Waals surface area contributed by atoms with Gasteiger partial charge >= 0.3 is 5.97 Å². The van der Waals surface area contributed by atoms with Gasteiger partial charge in [0, 0.05) is 0 Å². The fourth-order valence-corrected chi connectivity index (χ4v) is 2.33. The predicted molar refractivity (Wildman–Crippen MR) is 76.6 cm³/mol. The van der Waals surface area contributed by atoms with Crippen molar-refractivity contribution in [2.75, 3.05) is 6.61 Å². The highest BCUT2D eigenvalue weighted by molar-refractivity contribution is 7.14. The van der Waals surface area contributed by atoms with Gasteiger partial charge in [0.1, 0.15) is 5.75 Å². The molecule has 1 heterocycles. The van der Waals surface area contributed by atoms with Crippen LogP contribution in [0.3, 0.4) is 0 Å². The molecule has 20 heavy (non-hydrogen) atoms. The highest BCUT2D eigenvalue weighted by Gasteiger charge is 2.15. The summed E-state index contributed by atoms with van der Waals surface area (Å²) in [5.74, 6) is 0.256. The van der Waals surface area contributed by atoms with Gasteiger partial charge in [-0.2, -0.15) is 0 Å². The minimum absolute atomic E-state index is 0.198. The standard InChI is InChI=1S/C14H16N2O3S/c1-5-18-13(17)12-15-16-14(20-12)19-11-7-8(2)6-9(3)10(11)4/h6-7H,5H2,1-4H3. The molecule has 0 aliphatic carbocycles. The van der Waals surface area contributed by atoms with Gasteiger partial charge in [0.15, 0.2) is 0 Å². The molecule has 6 heteroatoms. The summed E-state index contributed by atoms with van der Waals surface area (Å²) in [5, 5.41) is 8.17. The molecule has 0 radical (unpaired) electrons. The summed E-state index contributed by atoms with van der Waals surface area (Å²) in [4.78, 5) is 11.5. The van der Waals surface area contributed by atoms with Gasteiger partial charge in [-0.15, -0.1) is 5.10 Å². The van der Waals surface area contributed by atoms with E-state index in [1.807, 2.05) is 26.8 Å². The Kier molecular flexibility index (Phi) is 4.34. The molecular formula is C14H16N2O3S. The highest BCUT2D eigenvalue weighted by atomic mass is 32.1. The molecule has 0 amide bonds. The number of aryl methyl sites for hydroxylation is 2. The third-order valence-corrected chi connectivity index (χ3v) is 3.60. The largest absolute Gasteiger partial charge is 0.461 e. The molecule has 2 rings (SSSR count). The van der Waals surface area contributed by atoms with Crippen molar-refractivity contribution in [1.29, 1.82) is 0 Å². The number of aromatic nitrogens is 2. The van der Waals surface area contributed by atoms with E-state index in [0.29, 0.717) is 11.8 Å². The molecule has 1 aromatic carbocycles. The number of rotatable bonds is 4. The van der Waals surface area contributed by atoms with Crippen LogP contribution in [0.15, 0.2) is 12.1 Å². The topological polar surface area (TPSA) is 61.3 Å². The second kappa shape index (κ2) is 6.00. The maximum atomic E-state index is 11.5. The van der Waals surface area contributed by atoms with E-state index in [1.54, 1.807) is 6.92 Å². The van der Waals surface area contributed by atoms with Crippen LogP contribution < -0.4 is 4.74 Å². The average Bonchev–Trinajstić information content (AvgIpc) is 2.84. The molecule has 0 unspecified atom stereocenters. The Morgan fingerprint density at radius 3 is 2.70 bits per heavy atom. The maximum absolute atomic E-state index is 11.5. The first-order valence-electron chi connectivity index (χ1n) is 6.27. The average molecular weight is 292 g/mol. The molecule has 106 valence electrons. The van der Waals surface area contributed by atoms with Gasteiger partial charge in [0.2, 0.25) is 5.01 Å². The summed E-state index contributed by atoms with van der Waals surface area (Å²) >= 11 is 1.08. The molecule has 5 nitrogen and oxygen atoms in total. The highest BCUT2D eigenvalue weighted by Crippen LogP contribution is 2.30. The Morgan fingerprint density at radius 1 is 1.25 bits per heavy atom. The number of hydrogen-bond acceptors (Lipinski definition) is 6. The first kappa shape index (κ1) is 14.5. The number of benzene rings is 1. The van der Waals surface area contributed by atoms with Crippen LogP contribution >= 0.6 is 11.3 Å². The third kappa shape index (κ3) is 3.14. The quantitative estimate of drug-likeness (QED) is 0.808. The Labute approximate surface area is 121 Å². The van der Waals surface area contributed by atoms with Gasteiger partial charge < -0.3 is 9.47 Å². The summed E-state index contributed by atoms with van der Waals surface area (Å²) in [5.41, 5.74) is 3.30. The van der Waals surface area contributed by atoms with Crippen LogP contribution in [0.5, 0.6) is 10.9 Å². The van der Waals surface area contributed by atoms with E-state index in [-0.39, 0.29) is 5.01 Å². The second-order valence-corrected chi connectivity index (χ2v) is 5.34. The maximum Gasteiger partial charge on any atom is 0.369 e. The van der Waals surface area contributed by atoms with E-state index in [0.717, 1.165) is 33.8 Å². The molecule has 0 fully saturated rings. The van der Waals surface area contributed by atoms with E-state index in [4.69, 9.17) is 9.47 Å². The van der Waals surface area contributed by atoms with Crippen LogP contribution in [0, 0.1) is 20.8 Å². The first-order chi connectivity index (χ1) is 9.51. The van der Waals surface area contributed by atoms with Gasteiger partial charge in [0.05, 0.1) is 6.61 Å². The van der Waals surface area contributed by atoms with Crippen molar-refractivity contribution >= 4 is 17.3 Å². The number of esters is 1. The normalized spacial score (nSPS) is 10.4. The fourth-order valence-electron chi connectivity index (χ4n) is 1.73. The van der Waals surface area contributed by atoms with Crippen LogP contribution in [0.25, 0.3) is 0 Å². The van der Waals surface area contributed by atoms with Crippen molar-refractivity contribution in [3.8, 4) is 10.9 Å². The smallest absolute Gasteiger partial charge is 0.369 e. The molecule has 0 aliphatic heterocycles. The molecule has 0 saturated carbocycles. The number of carbonyl (C=O) groups excluding carboxylic acids is 1. The summed E-state index contributed by atoms with van der Waals surface area (Å²) in [7, 11) is 0. The number of nitrogens with zero attached hydrogens (tertiary/aromatic N) is 2. The van der Waals surface area contributed by atoms with Crippen molar-refractivity contribution in [1.82, 2.24) is 10.2 Å². The van der Waals surface area contributed by atoms with E-state index < -0.39 is 5.97 Å². The molecule has 2 aromatic rings. The summed E-state index contributed by atoms with van der Waals surface area (Å²) in [6, 6.07) is 4.03. The lowest BCUT2D eigenvalue weighted by Gasteiger charge is -2.09. The van der Waals surface area contributed by atoms with Crippen molar-refractivity contribution in [3.05, 3.63) is 33.8 Å². The fraction of sp³-hybridized carbons (Fsp3) is 0.357. The summed E-state index contributed by atoms with van der Waals surface area (Å²) in [6.45, 7) is 8.07. The molecule has 0 bridgehead atoms. The Balaban J connectivity index is 2.21. The lowest BCUT2D eigenvalue weighted by atomic mass is 10.1. The summed E-state index contributed by atoms with van der Waals surface area (Å²) < 4.78 is 10.6. The van der Waals surface area contributed by atoms with E-state index in [1.165, 1.54) is 0 Å². The minimum Gasteiger partial charge on any atom is -0.461 e. The minimum atomic E-state index is -0.475. The van der Waals surface area contributed by atoms with Crippen molar-refractivity contribution in [2.24, 2.45) is 0 Å². The number of ether oxygens (including phenoxy) is 2. The van der Waals surface area contributed by atoms with Crippen molar-refractivity contribution < 1.29 is 14.3 Å². The number of hydrogen-bond donors (Lipinski definition) is 0. The monoisotopic (exact) mass is 292 g/mol. The zero-order chi connectivity index (χ0) is 14.7. The van der Waals surface area contributed by atoms with Gasteiger partial charge in [-0.1, -0.05) is 11.2 Å². The lowest BCUT2D eigenvalue weighted by Crippen LogP contribution is -2.03. The lowest BCUT2D eigenvalue weighted by molar-refractivity contribution is 0.0525. The Hall–Kier alpha value is -1.95. The number of carbonyl (C=O) groups is 1. The van der Waals surface area contributed by atoms with Crippen molar-refractivity contribution in [2.45, 2.75) is 27.7 Å². The molecule has 0 saturated heterocycles. The second-order valence-electron chi connectivity index (χ2n) is 4.40. The zero-order valence-corrected chi connectivity index (χ0v) is 12.7. The SMILES string of the molecule is CCOC(=O)c1nnc(Oc2cc(C)cc(C)c2C)s1. The van der Waals surface area contributed by atoms with E-state index >= 15 is 0 Å². The van der Waals surface area contributed by atoms with Gasteiger partial charge in [-0.3, -0.25) is 0 Å². The van der Waals surface area contributed by atoms with Crippen LogP contribution in [-0.2, 0) is 4.74 Å². The van der Waals surface area contributed by atoms with Gasteiger partial charge in [-0.05, 0) is 61.8 Å². The van der Waals surface area contributed by atoms with Gasteiger partial charge in [-0.25, -0.2) is 4.79 Å². The van der Waals surface area contributed by atoms with Crippen LogP contribution in [0.2, 0.25) is 0 Å². The Morgan fingerprint density at radius 2 is 2.00 bits per heavy atom. The van der Waals surface area contributed by atoms with Gasteiger partial charge in [0.25, 0.3) is 5.19 Å². The van der Waals surface area contributed by atoms with Crippen LogP contribution in [0.4, 0.5) is 0 Å². The van der Waals surface area contributed by atoms with Crippen molar-refractivity contribution in [3.63, 3.8) is 0 Å². The molecule has 1 aromatic heterocycles.